The first-order chi connectivity index (χ1) is 10.1. The molecule has 0 aliphatic rings. The van der Waals surface area contributed by atoms with Gasteiger partial charge in [0.15, 0.2) is 0 Å². The summed E-state index contributed by atoms with van der Waals surface area (Å²) in [5, 5.41) is 12.7. The molecule has 0 aliphatic heterocycles. The van der Waals surface area contributed by atoms with E-state index in [9.17, 15) is 5.26 Å². The van der Waals surface area contributed by atoms with E-state index in [-0.39, 0.29) is 6.04 Å². The molecule has 0 bridgehead atoms. The van der Waals surface area contributed by atoms with Gasteiger partial charge in [0.2, 0.25) is 0 Å². The number of anilines is 1. The van der Waals surface area contributed by atoms with Crippen molar-refractivity contribution in [2.75, 3.05) is 5.32 Å². The number of nitriles is 1. The Morgan fingerprint density at radius 3 is 2.38 bits per heavy atom. The van der Waals surface area contributed by atoms with Crippen LogP contribution in [0.2, 0.25) is 0 Å². The SMILES string of the molecule is Cc1cccc(NC(C#N)c2ccc(CC(C)C)cc2)c1. The van der Waals surface area contributed by atoms with Crippen LogP contribution in [0.4, 0.5) is 5.69 Å². The van der Waals surface area contributed by atoms with Crippen molar-refractivity contribution in [3.63, 3.8) is 0 Å². The van der Waals surface area contributed by atoms with E-state index in [1.165, 1.54) is 11.1 Å². The predicted octanol–water partition coefficient (Wildman–Crippen LogP) is 4.87. The van der Waals surface area contributed by atoms with Crippen molar-refractivity contribution in [3.05, 3.63) is 65.2 Å². The average Bonchev–Trinajstić information content (AvgIpc) is 2.45. The highest BCUT2D eigenvalue weighted by Crippen LogP contribution is 2.21. The molecule has 1 unspecified atom stereocenters. The number of benzene rings is 2. The van der Waals surface area contributed by atoms with E-state index in [4.69, 9.17) is 0 Å². The Morgan fingerprint density at radius 1 is 1.10 bits per heavy atom. The molecule has 2 aromatic rings. The smallest absolute Gasteiger partial charge is 0.140 e. The summed E-state index contributed by atoms with van der Waals surface area (Å²) in [4.78, 5) is 0. The highest BCUT2D eigenvalue weighted by atomic mass is 14.9. The van der Waals surface area contributed by atoms with E-state index in [1.807, 2.05) is 37.3 Å². The van der Waals surface area contributed by atoms with Gasteiger partial charge < -0.3 is 5.32 Å². The monoisotopic (exact) mass is 278 g/mol. The quantitative estimate of drug-likeness (QED) is 0.847. The first-order valence-corrected chi connectivity index (χ1v) is 7.40. The molecule has 0 amide bonds. The van der Waals surface area contributed by atoms with Gasteiger partial charge in [-0.05, 0) is 48.1 Å². The van der Waals surface area contributed by atoms with Gasteiger partial charge >= 0.3 is 0 Å². The second kappa shape index (κ2) is 6.95. The lowest BCUT2D eigenvalue weighted by Crippen LogP contribution is -2.08. The van der Waals surface area contributed by atoms with Gasteiger partial charge in [0, 0.05) is 5.69 Å². The van der Waals surface area contributed by atoms with Gasteiger partial charge in [0.1, 0.15) is 6.04 Å². The number of nitrogens with one attached hydrogen (secondary N) is 1. The van der Waals surface area contributed by atoms with Gasteiger partial charge in [0.05, 0.1) is 6.07 Å². The zero-order valence-corrected chi connectivity index (χ0v) is 12.9. The van der Waals surface area contributed by atoms with Crippen LogP contribution in [-0.2, 0) is 6.42 Å². The lowest BCUT2D eigenvalue weighted by molar-refractivity contribution is 0.647. The van der Waals surface area contributed by atoms with Crippen molar-refractivity contribution in [2.45, 2.75) is 33.2 Å². The molecule has 0 saturated carbocycles. The fourth-order valence-electron chi connectivity index (χ4n) is 2.41. The molecular formula is C19H22N2. The van der Waals surface area contributed by atoms with Gasteiger partial charge in [-0.15, -0.1) is 0 Å². The zero-order valence-electron chi connectivity index (χ0n) is 12.9. The summed E-state index contributed by atoms with van der Waals surface area (Å²) < 4.78 is 0. The highest BCUT2D eigenvalue weighted by molar-refractivity contribution is 5.49. The largest absolute Gasteiger partial charge is 0.366 e. The molecule has 0 aromatic heterocycles. The average molecular weight is 278 g/mol. The van der Waals surface area contributed by atoms with Crippen LogP contribution in [0.25, 0.3) is 0 Å². The molecule has 0 heterocycles. The lowest BCUT2D eigenvalue weighted by atomic mass is 9.99. The molecule has 2 nitrogen and oxygen atoms in total. The third-order valence-corrected chi connectivity index (χ3v) is 3.42. The Labute approximate surface area is 127 Å². The van der Waals surface area contributed by atoms with Crippen LogP contribution in [0.3, 0.4) is 0 Å². The fourth-order valence-corrected chi connectivity index (χ4v) is 2.41. The van der Waals surface area contributed by atoms with Crippen LogP contribution in [-0.4, -0.2) is 0 Å². The minimum absolute atomic E-state index is 0.320. The Bertz CT molecular complexity index is 621. The molecule has 1 atom stereocenters. The topological polar surface area (TPSA) is 35.8 Å². The van der Waals surface area contributed by atoms with Crippen LogP contribution >= 0.6 is 0 Å². The van der Waals surface area contributed by atoms with Gasteiger partial charge in [-0.2, -0.15) is 5.26 Å². The molecular weight excluding hydrogens is 256 g/mol. The Hall–Kier alpha value is -2.27. The van der Waals surface area contributed by atoms with Crippen LogP contribution in [0.5, 0.6) is 0 Å². The van der Waals surface area contributed by atoms with E-state index < -0.39 is 0 Å². The second-order valence-corrected chi connectivity index (χ2v) is 5.92. The maximum Gasteiger partial charge on any atom is 0.140 e. The number of hydrogen-bond acceptors (Lipinski definition) is 2. The van der Waals surface area contributed by atoms with Crippen LogP contribution < -0.4 is 5.32 Å². The van der Waals surface area contributed by atoms with E-state index in [0.29, 0.717) is 5.92 Å². The van der Waals surface area contributed by atoms with Gasteiger partial charge in [-0.1, -0.05) is 50.2 Å². The molecule has 0 radical (unpaired) electrons. The maximum absolute atomic E-state index is 9.41. The Balaban J connectivity index is 2.12. The van der Waals surface area contributed by atoms with Crippen molar-refractivity contribution < 1.29 is 0 Å². The molecule has 2 rings (SSSR count). The minimum atomic E-state index is -0.320. The Morgan fingerprint density at radius 2 is 1.81 bits per heavy atom. The minimum Gasteiger partial charge on any atom is -0.366 e. The molecule has 0 aliphatic carbocycles. The summed E-state index contributed by atoms with van der Waals surface area (Å²) in [7, 11) is 0. The van der Waals surface area contributed by atoms with E-state index in [0.717, 1.165) is 17.7 Å². The molecule has 2 heteroatoms. The van der Waals surface area contributed by atoms with Crippen molar-refractivity contribution in [1.82, 2.24) is 0 Å². The third-order valence-electron chi connectivity index (χ3n) is 3.42. The maximum atomic E-state index is 9.41. The lowest BCUT2D eigenvalue weighted by Gasteiger charge is -2.14. The zero-order chi connectivity index (χ0) is 15.2. The Kier molecular flexibility index (Phi) is 5.00. The first kappa shape index (κ1) is 15.1. The first-order valence-electron chi connectivity index (χ1n) is 7.40. The van der Waals surface area contributed by atoms with Gasteiger partial charge in [-0.25, -0.2) is 0 Å². The number of aryl methyl sites for hydroxylation is 1. The van der Waals surface area contributed by atoms with E-state index >= 15 is 0 Å². The standard InChI is InChI=1S/C19H22N2/c1-14(2)11-16-7-9-17(10-8-16)19(13-20)21-18-6-4-5-15(3)12-18/h4-10,12,14,19,21H,11H2,1-3H3. The summed E-state index contributed by atoms with van der Waals surface area (Å²) in [5.74, 6) is 0.646. The molecule has 0 saturated heterocycles. The summed E-state index contributed by atoms with van der Waals surface area (Å²) in [6.07, 6.45) is 1.07. The molecule has 108 valence electrons. The fraction of sp³-hybridized carbons (Fsp3) is 0.316. The van der Waals surface area contributed by atoms with Crippen LogP contribution in [0, 0.1) is 24.2 Å². The van der Waals surface area contributed by atoms with Gasteiger partial charge in [0.25, 0.3) is 0 Å². The molecule has 0 spiro atoms. The summed E-state index contributed by atoms with van der Waals surface area (Å²) in [6, 6.07) is 18.5. The van der Waals surface area contributed by atoms with Crippen molar-refractivity contribution in [2.24, 2.45) is 5.92 Å². The summed E-state index contributed by atoms with van der Waals surface area (Å²) >= 11 is 0. The van der Waals surface area contributed by atoms with Crippen LogP contribution in [0.1, 0.15) is 36.6 Å². The summed E-state index contributed by atoms with van der Waals surface area (Å²) in [5.41, 5.74) is 4.49. The van der Waals surface area contributed by atoms with E-state index in [1.54, 1.807) is 0 Å². The number of hydrogen-bond donors (Lipinski definition) is 1. The molecule has 0 fully saturated rings. The number of nitrogens with zero attached hydrogens (tertiary/aromatic N) is 1. The summed E-state index contributed by atoms with van der Waals surface area (Å²) in [6.45, 7) is 6.48. The molecule has 1 N–H and O–H groups in total. The third kappa shape index (κ3) is 4.36. The normalized spacial score (nSPS) is 12.0. The molecule has 21 heavy (non-hydrogen) atoms. The predicted molar refractivity (Wildman–Crippen MR) is 88.1 cm³/mol. The van der Waals surface area contributed by atoms with E-state index in [2.05, 4.69) is 43.4 Å². The van der Waals surface area contributed by atoms with Gasteiger partial charge in [-0.3, -0.25) is 0 Å². The molecule has 2 aromatic carbocycles. The van der Waals surface area contributed by atoms with Crippen LogP contribution in [0.15, 0.2) is 48.5 Å². The van der Waals surface area contributed by atoms with Crippen molar-refractivity contribution in [3.8, 4) is 6.07 Å². The second-order valence-electron chi connectivity index (χ2n) is 5.92. The highest BCUT2D eigenvalue weighted by Gasteiger charge is 2.10. The van der Waals surface area contributed by atoms with Crippen molar-refractivity contribution in [1.29, 1.82) is 5.26 Å². The van der Waals surface area contributed by atoms with Crippen molar-refractivity contribution >= 4 is 5.69 Å². The number of rotatable bonds is 5.